The van der Waals surface area contributed by atoms with E-state index in [1.54, 1.807) is 0 Å². The molecule has 0 unspecified atom stereocenters. The van der Waals surface area contributed by atoms with Crippen LogP contribution in [-0.2, 0) is 0 Å². The van der Waals surface area contributed by atoms with Gasteiger partial charge in [-0.05, 0) is 30.7 Å². The molecule has 0 amide bonds. The molecule has 1 heterocycles. The molecule has 0 radical (unpaired) electrons. The summed E-state index contributed by atoms with van der Waals surface area (Å²) in [4.78, 5) is 3.38. The highest BCUT2D eigenvalue weighted by Crippen LogP contribution is 2.27. The average Bonchev–Trinajstić information content (AvgIpc) is 2.53. The van der Waals surface area contributed by atoms with E-state index in [-0.39, 0.29) is 0 Å². The second-order valence-corrected chi connectivity index (χ2v) is 4.30. The van der Waals surface area contributed by atoms with Crippen LogP contribution in [0.2, 0.25) is 5.02 Å². The molecule has 1 aromatic heterocycles. The van der Waals surface area contributed by atoms with E-state index in [0.29, 0.717) is 0 Å². The lowest BCUT2D eigenvalue weighted by molar-refractivity contribution is 1.47. The summed E-state index contributed by atoms with van der Waals surface area (Å²) in [7, 11) is 0. The molecular formula is C13H10ClN. The Balaban J connectivity index is 2.51. The molecule has 74 valence electrons. The van der Waals surface area contributed by atoms with Gasteiger partial charge in [-0.3, -0.25) is 0 Å². The monoisotopic (exact) mass is 215 g/mol. The van der Waals surface area contributed by atoms with Crippen LogP contribution in [0.4, 0.5) is 0 Å². The number of H-pyrrole nitrogens is 1. The number of halogens is 1. The fourth-order valence-corrected chi connectivity index (χ4v) is 2.17. The Kier molecular flexibility index (Phi) is 1.77. The van der Waals surface area contributed by atoms with Gasteiger partial charge in [-0.25, -0.2) is 0 Å². The Hall–Kier alpha value is -1.47. The third kappa shape index (κ3) is 1.31. The van der Waals surface area contributed by atoms with Crippen LogP contribution in [0.3, 0.4) is 0 Å². The van der Waals surface area contributed by atoms with Crippen LogP contribution < -0.4 is 0 Å². The van der Waals surface area contributed by atoms with Crippen molar-refractivity contribution in [1.29, 1.82) is 0 Å². The minimum Gasteiger partial charge on any atom is -0.354 e. The third-order valence-electron chi connectivity index (χ3n) is 2.72. The Bertz CT molecular complexity index is 596. The van der Waals surface area contributed by atoms with Crippen molar-refractivity contribution in [1.82, 2.24) is 4.98 Å². The molecule has 0 aliphatic carbocycles. The zero-order chi connectivity index (χ0) is 10.4. The van der Waals surface area contributed by atoms with Crippen molar-refractivity contribution >= 4 is 33.4 Å². The van der Waals surface area contributed by atoms with Gasteiger partial charge in [-0.1, -0.05) is 29.8 Å². The summed E-state index contributed by atoms with van der Waals surface area (Å²) in [6, 6.07) is 12.4. The van der Waals surface area contributed by atoms with Gasteiger partial charge in [0.1, 0.15) is 0 Å². The van der Waals surface area contributed by atoms with Gasteiger partial charge < -0.3 is 4.98 Å². The number of hydrogen-bond acceptors (Lipinski definition) is 0. The van der Waals surface area contributed by atoms with Crippen molar-refractivity contribution in [3.05, 3.63) is 47.0 Å². The molecule has 0 aliphatic heterocycles. The molecular weight excluding hydrogens is 206 g/mol. The maximum Gasteiger partial charge on any atom is 0.0479 e. The summed E-state index contributed by atoms with van der Waals surface area (Å²) in [6.07, 6.45) is 0. The van der Waals surface area contributed by atoms with Crippen LogP contribution in [0.15, 0.2) is 36.4 Å². The maximum absolute atomic E-state index is 5.96. The first-order valence-electron chi connectivity index (χ1n) is 4.92. The molecule has 3 rings (SSSR count). The van der Waals surface area contributed by atoms with Crippen LogP contribution >= 0.6 is 11.6 Å². The van der Waals surface area contributed by atoms with E-state index in [9.17, 15) is 0 Å². The molecule has 0 bridgehead atoms. The highest BCUT2D eigenvalue weighted by atomic mass is 35.5. The van der Waals surface area contributed by atoms with Crippen molar-refractivity contribution in [3.8, 4) is 0 Å². The van der Waals surface area contributed by atoms with Crippen LogP contribution in [0.5, 0.6) is 0 Å². The minimum absolute atomic E-state index is 0.769. The predicted octanol–water partition coefficient (Wildman–Crippen LogP) is 4.28. The third-order valence-corrected chi connectivity index (χ3v) is 2.95. The number of rotatable bonds is 0. The fraction of sp³-hybridized carbons (Fsp3) is 0.0769. The Morgan fingerprint density at radius 1 is 0.933 bits per heavy atom. The Morgan fingerprint density at radius 2 is 1.60 bits per heavy atom. The summed E-state index contributed by atoms with van der Waals surface area (Å²) in [5.74, 6) is 0. The molecule has 2 aromatic carbocycles. The lowest BCUT2D eigenvalue weighted by Gasteiger charge is -1.92. The topological polar surface area (TPSA) is 15.8 Å². The van der Waals surface area contributed by atoms with Crippen LogP contribution in [0.25, 0.3) is 21.8 Å². The van der Waals surface area contributed by atoms with Crippen LogP contribution in [0.1, 0.15) is 5.56 Å². The first-order valence-corrected chi connectivity index (χ1v) is 5.29. The summed E-state index contributed by atoms with van der Waals surface area (Å²) < 4.78 is 0. The van der Waals surface area contributed by atoms with E-state index in [0.717, 1.165) is 10.5 Å². The lowest BCUT2D eigenvalue weighted by atomic mass is 10.1. The normalized spacial score (nSPS) is 11.3. The number of nitrogens with one attached hydrogen (secondary N) is 1. The number of aromatic nitrogens is 1. The molecule has 0 spiro atoms. The number of benzene rings is 2. The van der Waals surface area contributed by atoms with Crippen LogP contribution in [0, 0.1) is 6.92 Å². The van der Waals surface area contributed by atoms with Gasteiger partial charge in [0.15, 0.2) is 0 Å². The minimum atomic E-state index is 0.769. The van der Waals surface area contributed by atoms with Gasteiger partial charge in [0.25, 0.3) is 0 Å². The number of aromatic amines is 1. The molecule has 2 heteroatoms. The molecule has 3 aromatic rings. The predicted molar refractivity (Wildman–Crippen MR) is 65.6 cm³/mol. The van der Waals surface area contributed by atoms with Gasteiger partial charge in [0.05, 0.1) is 0 Å². The van der Waals surface area contributed by atoms with Crippen molar-refractivity contribution in [2.24, 2.45) is 0 Å². The average molecular weight is 216 g/mol. The molecule has 1 nitrogen and oxygen atoms in total. The molecule has 0 fully saturated rings. The van der Waals surface area contributed by atoms with Gasteiger partial charge in [-0.15, -0.1) is 0 Å². The van der Waals surface area contributed by atoms with E-state index in [2.05, 4.69) is 36.2 Å². The fourth-order valence-electron chi connectivity index (χ4n) is 2.00. The Morgan fingerprint density at radius 3 is 2.40 bits per heavy atom. The van der Waals surface area contributed by atoms with Crippen molar-refractivity contribution in [2.45, 2.75) is 6.92 Å². The summed E-state index contributed by atoms with van der Waals surface area (Å²) in [5.41, 5.74) is 3.54. The highest BCUT2D eigenvalue weighted by Gasteiger charge is 2.03. The second-order valence-electron chi connectivity index (χ2n) is 3.86. The van der Waals surface area contributed by atoms with Crippen molar-refractivity contribution < 1.29 is 0 Å². The number of hydrogen-bond donors (Lipinski definition) is 1. The standard InChI is InChI=1S/C13H10ClN/c1-8-2-4-10-11-5-3-9(14)7-13(11)15-12(10)6-8/h2-7,15H,1H3. The smallest absolute Gasteiger partial charge is 0.0479 e. The molecule has 0 saturated heterocycles. The van der Waals surface area contributed by atoms with E-state index < -0.39 is 0 Å². The summed E-state index contributed by atoms with van der Waals surface area (Å²) >= 11 is 5.96. The SMILES string of the molecule is Cc1ccc2c(c1)[nH]c1cc(Cl)ccc12. The lowest BCUT2D eigenvalue weighted by Crippen LogP contribution is -1.70. The zero-order valence-electron chi connectivity index (χ0n) is 8.34. The van der Waals surface area contributed by atoms with E-state index in [4.69, 9.17) is 11.6 Å². The molecule has 0 aliphatic rings. The quantitative estimate of drug-likeness (QED) is 0.576. The van der Waals surface area contributed by atoms with E-state index in [1.807, 2.05) is 12.1 Å². The molecule has 1 N–H and O–H groups in total. The summed E-state index contributed by atoms with van der Waals surface area (Å²) in [6.45, 7) is 2.10. The van der Waals surface area contributed by atoms with E-state index in [1.165, 1.54) is 21.9 Å². The number of aryl methyl sites for hydroxylation is 1. The van der Waals surface area contributed by atoms with Crippen molar-refractivity contribution in [2.75, 3.05) is 0 Å². The zero-order valence-corrected chi connectivity index (χ0v) is 9.10. The van der Waals surface area contributed by atoms with Gasteiger partial charge >= 0.3 is 0 Å². The van der Waals surface area contributed by atoms with E-state index >= 15 is 0 Å². The molecule has 0 saturated carbocycles. The van der Waals surface area contributed by atoms with Crippen LogP contribution in [-0.4, -0.2) is 4.98 Å². The molecule has 15 heavy (non-hydrogen) atoms. The van der Waals surface area contributed by atoms with Gasteiger partial charge in [0.2, 0.25) is 0 Å². The number of fused-ring (bicyclic) bond motifs is 3. The molecule has 0 atom stereocenters. The van der Waals surface area contributed by atoms with Crippen molar-refractivity contribution in [3.63, 3.8) is 0 Å². The maximum atomic E-state index is 5.96. The Labute approximate surface area is 92.7 Å². The summed E-state index contributed by atoms with van der Waals surface area (Å²) in [5, 5.41) is 3.26. The van der Waals surface area contributed by atoms with Gasteiger partial charge in [0, 0.05) is 26.8 Å². The highest BCUT2D eigenvalue weighted by molar-refractivity contribution is 6.31. The largest absolute Gasteiger partial charge is 0.354 e. The van der Waals surface area contributed by atoms with Gasteiger partial charge in [-0.2, -0.15) is 0 Å². The second kappa shape index (κ2) is 3.01. The first-order chi connectivity index (χ1) is 7.24. The first kappa shape index (κ1) is 8.81.